The van der Waals surface area contributed by atoms with Gasteiger partial charge < -0.3 is 16.0 Å². The molecular weight excluding hydrogens is 549 g/mol. The molecule has 0 saturated carbocycles. The Morgan fingerprint density at radius 1 is 0.923 bits per heavy atom. The first-order valence-corrected chi connectivity index (χ1v) is 11.9. The van der Waals surface area contributed by atoms with Gasteiger partial charge in [-0.3, -0.25) is 19.2 Å². The lowest BCUT2D eigenvalue weighted by Gasteiger charge is -2.27. The van der Waals surface area contributed by atoms with Gasteiger partial charge in [0.2, 0.25) is 17.6 Å². The highest BCUT2D eigenvalue weighted by Crippen LogP contribution is 2.23. The first-order chi connectivity index (χ1) is 18.1. The average Bonchev–Trinajstić information content (AvgIpc) is 2.87. The number of halogens is 6. The number of hydrogen-bond donors (Lipinski definition) is 3. The Labute approximate surface area is 225 Å². The number of ketones is 1. The number of Topliss-reactive ketones (excluding diaryl/α,β-unsaturated/α-hetero) is 1. The average molecular weight is 574 g/mol. The first kappa shape index (κ1) is 31.4. The molecule has 0 spiro atoms. The molecule has 39 heavy (non-hydrogen) atoms. The summed E-state index contributed by atoms with van der Waals surface area (Å²) in [4.78, 5) is 50.0. The predicted octanol–water partition coefficient (Wildman–Crippen LogP) is 4.23. The van der Waals surface area contributed by atoms with E-state index in [2.05, 4.69) is 10.6 Å². The summed E-state index contributed by atoms with van der Waals surface area (Å²) in [5.41, 5.74) is 0.819. The first-order valence-electron chi connectivity index (χ1n) is 11.5. The van der Waals surface area contributed by atoms with Gasteiger partial charge in [0, 0.05) is 11.1 Å². The van der Waals surface area contributed by atoms with Crippen LogP contribution in [-0.2, 0) is 19.2 Å². The van der Waals surface area contributed by atoms with Crippen LogP contribution in [0, 0.1) is 5.92 Å². The van der Waals surface area contributed by atoms with E-state index in [0.29, 0.717) is 10.6 Å². The third kappa shape index (κ3) is 9.47. The molecule has 2 atom stereocenters. The molecule has 0 aliphatic carbocycles. The number of carbonyl (C=O) groups is 4. The molecule has 0 saturated heterocycles. The Bertz CT molecular complexity index is 1220. The van der Waals surface area contributed by atoms with E-state index < -0.39 is 60.1 Å². The fraction of sp³-hybridized carbons (Fsp3) is 0.308. The van der Waals surface area contributed by atoms with Crippen LogP contribution in [-0.4, -0.2) is 48.2 Å². The van der Waals surface area contributed by atoms with Gasteiger partial charge in [0.15, 0.2) is 0 Å². The summed E-state index contributed by atoms with van der Waals surface area (Å²) >= 11 is 5.91. The highest BCUT2D eigenvalue weighted by molar-refractivity contribution is 6.30. The third-order valence-electron chi connectivity index (χ3n) is 5.25. The van der Waals surface area contributed by atoms with Crippen molar-refractivity contribution in [2.45, 2.75) is 38.0 Å². The second-order valence-electron chi connectivity index (χ2n) is 8.71. The monoisotopic (exact) mass is 573 g/mol. The van der Waals surface area contributed by atoms with E-state index in [1.54, 1.807) is 42.5 Å². The maximum absolute atomic E-state index is 14.5. The largest absolute Gasteiger partial charge is 0.405 e. The summed E-state index contributed by atoms with van der Waals surface area (Å²) in [6.07, 6.45) is -2.45. The Kier molecular flexibility index (Phi) is 10.7. The molecule has 2 aromatic rings. The summed E-state index contributed by atoms with van der Waals surface area (Å²) in [6.45, 7) is 0.505. The zero-order valence-electron chi connectivity index (χ0n) is 20.7. The Morgan fingerprint density at radius 2 is 1.56 bits per heavy atom. The zero-order chi connectivity index (χ0) is 29.4. The van der Waals surface area contributed by atoms with Crippen molar-refractivity contribution in [2.75, 3.05) is 6.54 Å². The van der Waals surface area contributed by atoms with Crippen LogP contribution in [0.1, 0.15) is 31.0 Å². The fourth-order valence-electron chi connectivity index (χ4n) is 3.29. The van der Waals surface area contributed by atoms with Crippen molar-refractivity contribution < 1.29 is 41.1 Å². The van der Waals surface area contributed by atoms with Crippen molar-refractivity contribution in [1.82, 2.24) is 16.0 Å². The number of amides is 3. The number of rotatable bonds is 11. The van der Waals surface area contributed by atoms with E-state index in [0.717, 1.165) is 11.4 Å². The van der Waals surface area contributed by atoms with Crippen molar-refractivity contribution in [2.24, 2.45) is 5.92 Å². The maximum Gasteiger partial charge on any atom is 0.405 e. The SMILES string of the molecule is CC(C)C(NC(=O)C(NC(=O)C=Cc1cccc(Cl)c1)c1ccccc1)C(=O)C(F)(F)C(=O)NCC(F)(F)F. The molecule has 3 amide bonds. The van der Waals surface area contributed by atoms with E-state index in [1.165, 1.54) is 32.1 Å². The molecule has 2 aromatic carbocycles. The van der Waals surface area contributed by atoms with Crippen molar-refractivity contribution in [3.05, 3.63) is 76.8 Å². The lowest BCUT2D eigenvalue weighted by Crippen LogP contribution is -2.58. The van der Waals surface area contributed by atoms with Gasteiger partial charge in [-0.2, -0.15) is 22.0 Å². The molecule has 0 bridgehead atoms. The maximum atomic E-state index is 14.5. The highest BCUT2D eigenvalue weighted by atomic mass is 35.5. The lowest BCUT2D eigenvalue weighted by atomic mass is 9.94. The van der Waals surface area contributed by atoms with Gasteiger partial charge in [0.1, 0.15) is 12.6 Å². The normalized spacial score (nSPS) is 13.6. The molecule has 3 N–H and O–H groups in total. The molecule has 0 radical (unpaired) electrons. The quantitative estimate of drug-likeness (QED) is 0.213. The predicted molar refractivity (Wildman–Crippen MR) is 134 cm³/mol. The number of hydrogen-bond acceptors (Lipinski definition) is 4. The van der Waals surface area contributed by atoms with Crippen LogP contribution in [0.25, 0.3) is 6.08 Å². The van der Waals surface area contributed by atoms with Gasteiger partial charge in [0.05, 0.1) is 6.04 Å². The molecule has 0 aromatic heterocycles. The van der Waals surface area contributed by atoms with E-state index in [1.807, 2.05) is 0 Å². The van der Waals surface area contributed by atoms with Crippen LogP contribution in [0.3, 0.4) is 0 Å². The number of alkyl halides is 5. The molecule has 210 valence electrons. The molecule has 2 unspecified atom stereocenters. The summed E-state index contributed by atoms with van der Waals surface area (Å²) in [5, 5.41) is 5.93. The van der Waals surface area contributed by atoms with Crippen LogP contribution in [0.2, 0.25) is 5.02 Å². The summed E-state index contributed by atoms with van der Waals surface area (Å²) in [5.74, 6) is -12.3. The number of benzene rings is 2. The van der Waals surface area contributed by atoms with Gasteiger partial charge in [-0.25, -0.2) is 0 Å². The Morgan fingerprint density at radius 3 is 2.13 bits per heavy atom. The van der Waals surface area contributed by atoms with Gasteiger partial charge in [0.25, 0.3) is 5.91 Å². The standard InChI is InChI=1S/C26H25ClF5N3O4/c1-15(2)20(22(37)26(31,32)24(39)33-14-25(28,29)30)35-23(38)21(17-8-4-3-5-9-17)34-19(36)12-11-16-7-6-10-18(27)13-16/h3-13,15,20-21H,14H2,1-2H3,(H,33,39)(H,34,36)(H,35,38). The molecule has 2 rings (SSSR count). The van der Waals surface area contributed by atoms with Crippen LogP contribution in [0.15, 0.2) is 60.7 Å². The van der Waals surface area contributed by atoms with Crippen LogP contribution < -0.4 is 16.0 Å². The van der Waals surface area contributed by atoms with Crippen molar-refractivity contribution in [3.63, 3.8) is 0 Å². The van der Waals surface area contributed by atoms with Crippen molar-refractivity contribution in [3.8, 4) is 0 Å². The molecule has 0 aliphatic heterocycles. The smallest absolute Gasteiger partial charge is 0.344 e. The Hall–Kier alpha value is -3.80. The van der Waals surface area contributed by atoms with Gasteiger partial charge >= 0.3 is 12.1 Å². The van der Waals surface area contributed by atoms with Gasteiger partial charge in [-0.05, 0) is 35.3 Å². The molecular formula is C26H25ClF5N3O4. The number of carbonyl (C=O) groups excluding carboxylic acids is 4. The van der Waals surface area contributed by atoms with Crippen LogP contribution in [0.5, 0.6) is 0 Å². The summed E-state index contributed by atoms with van der Waals surface area (Å²) < 4.78 is 66.0. The molecule has 0 aliphatic rings. The molecule has 0 heterocycles. The zero-order valence-corrected chi connectivity index (χ0v) is 21.4. The highest BCUT2D eigenvalue weighted by Gasteiger charge is 2.52. The van der Waals surface area contributed by atoms with Gasteiger partial charge in [-0.1, -0.05) is 67.9 Å². The fourth-order valence-corrected chi connectivity index (χ4v) is 3.49. The molecule has 0 fully saturated rings. The van der Waals surface area contributed by atoms with Crippen molar-refractivity contribution in [1.29, 1.82) is 0 Å². The van der Waals surface area contributed by atoms with E-state index in [-0.39, 0.29) is 5.56 Å². The minimum Gasteiger partial charge on any atom is -0.344 e. The van der Waals surface area contributed by atoms with Crippen molar-refractivity contribution >= 4 is 41.2 Å². The summed E-state index contributed by atoms with van der Waals surface area (Å²) in [7, 11) is 0. The van der Waals surface area contributed by atoms with Crippen LogP contribution >= 0.6 is 11.6 Å². The van der Waals surface area contributed by atoms with E-state index in [9.17, 15) is 41.1 Å². The Balaban J connectivity index is 2.25. The second kappa shape index (κ2) is 13.3. The second-order valence-corrected chi connectivity index (χ2v) is 9.14. The van der Waals surface area contributed by atoms with E-state index >= 15 is 0 Å². The lowest BCUT2D eigenvalue weighted by molar-refractivity contribution is -0.165. The topological polar surface area (TPSA) is 104 Å². The summed E-state index contributed by atoms with van der Waals surface area (Å²) in [6, 6.07) is 10.8. The molecule has 13 heteroatoms. The van der Waals surface area contributed by atoms with Gasteiger partial charge in [-0.15, -0.1) is 0 Å². The van der Waals surface area contributed by atoms with Crippen LogP contribution in [0.4, 0.5) is 22.0 Å². The molecule has 7 nitrogen and oxygen atoms in total. The minimum absolute atomic E-state index is 0.240. The number of nitrogens with one attached hydrogen (secondary N) is 3. The third-order valence-corrected chi connectivity index (χ3v) is 5.48. The van der Waals surface area contributed by atoms with E-state index in [4.69, 9.17) is 11.6 Å². The minimum atomic E-state index is -4.98.